The van der Waals surface area contributed by atoms with Gasteiger partial charge in [0.15, 0.2) is 0 Å². The molecule has 5 rings (SSSR count). The van der Waals surface area contributed by atoms with Gasteiger partial charge in [0.2, 0.25) is 5.95 Å². The predicted molar refractivity (Wildman–Crippen MR) is 116 cm³/mol. The molecule has 2 aliphatic heterocycles. The fourth-order valence-electron chi connectivity index (χ4n) is 4.66. The Kier molecular flexibility index (Phi) is 4.96. The van der Waals surface area contributed by atoms with Crippen molar-refractivity contribution in [1.29, 1.82) is 0 Å². The Morgan fingerprint density at radius 2 is 1.64 bits per heavy atom. The van der Waals surface area contributed by atoms with Crippen LogP contribution in [0.2, 0.25) is 0 Å². The maximum Gasteiger partial charge on any atom is 0.225 e. The van der Waals surface area contributed by atoms with E-state index >= 15 is 0 Å². The monoisotopic (exact) mass is 372 g/mol. The molecule has 2 saturated heterocycles. The molecule has 4 nitrogen and oxygen atoms in total. The number of piperidine rings is 1. The first-order chi connectivity index (χ1) is 13.8. The molecule has 3 aromatic rings. The first-order valence-electron chi connectivity index (χ1n) is 10.6. The maximum atomic E-state index is 4.91. The summed E-state index contributed by atoms with van der Waals surface area (Å²) in [5.74, 6) is 1.71. The van der Waals surface area contributed by atoms with Crippen molar-refractivity contribution in [2.75, 3.05) is 37.6 Å². The number of anilines is 1. The van der Waals surface area contributed by atoms with Gasteiger partial charge in [-0.1, -0.05) is 36.4 Å². The lowest BCUT2D eigenvalue weighted by Crippen LogP contribution is -2.38. The Labute approximate surface area is 167 Å². The third-order valence-electron chi connectivity index (χ3n) is 6.30. The van der Waals surface area contributed by atoms with Crippen LogP contribution >= 0.6 is 0 Å². The molecule has 2 aliphatic rings. The van der Waals surface area contributed by atoms with Gasteiger partial charge >= 0.3 is 0 Å². The molecule has 0 bridgehead atoms. The highest BCUT2D eigenvalue weighted by molar-refractivity contribution is 5.86. The Hall–Kier alpha value is -2.46. The average Bonchev–Trinajstić information content (AvgIpc) is 3.27. The van der Waals surface area contributed by atoms with Gasteiger partial charge < -0.3 is 9.80 Å². The van der Waals surface area contributed by atoms with Gasteiger partial charge in [0.25, 0.3) is 0 Å². The van der Waals surface area contributed by atoms with Gasteiger partial charge in [-0.25, -0.2) is 9.97 Å². The second-order valence-electron chi connectivity index (χ2n) is 8.24. The zero-order valence-electron chi connectivity index (χ0n) is 16.4. The van der Waals surface area contributed by atoms with Gasteiger partial charge in [-0.05, 0) is 67.6 Å². The van der Waals surface area contributed by atoms with E-state index in [1.807, 2.05) is 12.3 Å². The summed E-state index contributed by atoms with van der Waals surface area (Å²) in [6.07, 6.45) is 7.17. The number of benzene rings is 2. The fraction of sp³-hybridized carbons (Fsp3) is 0.417. The molecular formula is C24H28N4. The Balaban J connectivity index is 1.29. The molecular weight excluding hydrogens is 344 g/mol. The summed E-state index contributed by atoms with van der Waals surface area (Å²) < 4.78 is 0. The summed E-state index contributed by atoms with van der Waals surface area (Å²) in [5.41, 5.74) is 2.17. The SMILES string of the molecule is c1ccc2cc(-c3ccnc(N4CCC(CN5CCCC5)CC4)n3)ccc2c1. The summed E-state index contributed by atoms with van der Waals surface area (Å²) in [7, 11) is 0. The third kappa shape index (κ3) is 3.74. The molecule has 144 valence electrons. The quantitative estimate of drug-likeness (QED) is 0.669. The van der Waals surface area contributed by atoms with Crippen LogP contribution in [0.3, 0.4) is 0 Å². The average molecular weight is 373 g/mol. The smallest absolute Gasteiger partial charge is 0.225 e. The topological polar surface area (TPSA) is 32.3 Å². The highest BCUT2D eigenvalue weighted by Crippen LogP contribution is 2.26. The van der Waals surface area contributed by atoms with E-state index in [9.17, 15) is 0 Å². The van der Waals surface area contributed by atoms with E-state index in [2.05, 4.69) is 57.2 Å². The highest BCUT2D eigenvalue weighted by Gasteiger charge is 2.24. The minimum atomic E-state index is 0.832. The molecule has 4 heteroatoms. The summed E-state index contributed by atoms with van der Waals surface area (Å²) in [6.45, 7) is 6.03. The fourth-order valence-corrected chi connectivity index (χ4v) is 4.66. The van der Waals surface area contributed by atoms with Gasteiger partial charge in [-0.2, -0.15) is 0 Å². The molecule has 0 aliphatic carbocycles. The van der Waals surface area contributed by atoms with Crippen molar-refractivity contribution in [3.63, 3.8) is 0 Å². The maximum absolute atomic E-state index is 4.91. The number of hydrogen-bond donors (Lipinski definition) is 0. The number of rotatable bonds is 4. The van der Waals surface area contributed by atoms with Gasteiger partial charge in [-0.3, -0.25) is 0 Å². The van der Waals surface area contributed by atoms with Crippen molar-refractivity contribution >= 4 is 16.7 Å². The van der Waals surface area contributed by atoms with Crippen molar-refractivity contribution in [3.05, 3.63) is 54.7 Å². The van der Waals surface area contributed by atoms with E-state index in [0.717, 1.165) is 36.2 Å². The molecule has 2 fully saturated rings. The van der Waals surface area contributed by atoms with Crippen LogP contribution in [0, 0.1) is 5.92 Å². The van der Waals surface area contributed by atoms with E-state index in [1.165, 1.54) is 56.1 Å². The van der Waals surface area contributed by atoms with Crippen molar-refractivity contribution in [1.82, 2.24) is 14.9 Å². The summed E-state index contributed by atoms with van der Waals surface area (Å²) in [4.78, 5) is 14.5. The van der Waals surface area contributed by atoms with Crippen LogP contribution in [0.4, 0.5) is 5.95 Å². The molecule has 0 amide bonds. The van der Waals surface area contributed by atoms with Crippen molar-refractivity contribution < 1.29 is 0 Å². The van der Waals surface area contributed by atoms with Gasteiger partial charge in [0.05, 0.1) is 5.69 Å². The molecule has 0 saturated carbocycles. The van der Waals surface area contributed by atoms with E-state index in [0.29, 0.717) is 0 Å². The van der Waals surface area contributed by atoms with Gasteiger partial charge in [-0.15, -0.1) is 0 Å². The lowest BCUT2D eigenvalue weighted by Gasteiger charge is -2.34. The largest absolute Gasteiger partial charge is 0.341 e. The van der Waals surface area contributed by atoms with Crippen LogP contribution in [0.15, 0.2) is 54.7 Å². The van der Waals surface area contributed by atoms with E-state index < -0.39 is 0 Å². The van der Waals surface area contributed by atoms with Crippen LogP contribution < -0.4 is 4.90 Å². The number of hydrogen-bond acceptors (Lipinski definition) is 4. The molecule has 3 heterocycles. The molecule has 0 spiro atoms. The lowest BCUT2D eigenvalue weighted by atomic mass is 9.96. The van der Waals surface area contributed by atoms with Gasteiger partial charge in [0, 0.05) is 31.4 Å². The van der Waals surface area contributed by atoms with E-state index in [1.54, 1.807) is 0 Å². The second kappa shape index (κ2) is 7.88. The third-order valence-corrected chi connectivity index (χ3v) is 6.30. The van der Waals surface area contributed by atoms with Crippen LogP contribution in [0.25, 0.3) is 22.0 Å². The Morgan fingerprint density at radius 3 is 2.46 bits per heavy atom. The first kappa shape index (κ1) is 17.6. The highest BCUT2D eigenvalue weighted by atomic mass is 15.3. The normalized spacial score (nSPS) is 18.8. The van der Waals surface area contributed by atoms with Crippen LogP contribution in [-0.4, -0.2) is 47.6 Å². The molecule has 0 N–H and O–H groups in total. The summed E-state index contributed by atoms with van der Waals surface area (Å²) >= 11 is 0. The first-order valence-corrected chi connectivity index (χ1v) is 10.6. The minimum Gasteiger partial charge on any atom is -0.341 e. The van der Waals surface area contributed by atoms with Crippen molar-refractivity contribution in [2.24, 2.45) is 5.92 Å². The predicted octanol–water partition coefficient (Wildman–Crippen LogP) is 4.61. The molecule has 0 atom stereocenters. The molecule has 0 unspecified atom stereocenters. The standard InChI is InChI=1S/C24H28N4/c1-2-6-21-17-22(8-7-20(21)5-1)23-9-12-25-24(26-23)28-15-10-19(11-16-28)18-27-13-3-4-14-27/h1-2,5-9,12,17,19H,3-4,10-11,13-16,18H2. The summed E-state index contributed by atoms with van der Waals surface area (Å²) in [6, 6.07) is 17.1. The molecule has 28 heavy (non-hydrogen) atoms. The number of aromatic nitrogens is 2. The van der Waals surface area contributed by atoms with Crippen LogP contribution in [0.5, 0.6) is 0 Å². The lowest BCUT2D eigenvalue weighted by molar-refractivity contribution is 0.249. The Bertz CT molecular complexity index is 940. The van der Waals surface area contributed by atoms with Gasteiger partial charge in [0.1, 0.15) is 0 Å². The van der Waals surface area contributed by atoms with Crippen molar-refractivity contribution in [2.45, 2.75) is 25.7 Å². The molecule has 1 aromatic heterocycles. The van der Waals surface area contributed by atoms with E-state index in [-0.39, 0.29) is 0 Å². The second-order valence-corrected chi connectivity index (χ2v) is 8.24. The number of fused-ring (bicyclic) bond motifs is 1. The summed E-state index contributed by atoms with van der Waals surface area (Å²) in [5, 5.41) is 2.52. The zero-order chi connectivity index (χ0) is 18.8. The molecule has 2 aromatic carbocycles. The number of nitrogens with zero attached hydrogens (tertiary/aromatic N) is 4. The van der Waals surface area contributed by atoms with Crippen LogP contribution in [0.1, 0.15) is 25.7 Å². The molecule has 0 radical (unpaired) electrons. The Morgan fingerprint density at radius 1 is 0.857 bits per heavy atom. The van der Waals surface area contributed by atoms with E-state index in [4.69, 9.17) is 4.98 Å². The number of likely N-dealkylation sites (tertiary alicyclic amines) is 1. The minimum absolute atomic E-state index is 0.832. The zero-order valence-corrected chi connectivity index (χ0v) is 16.4. The van der Waals surface area contributed by atoms with Crippen LogP contribution in [-0.2, 0) is 0 Å². The van der Waals surface area contributed by atoms with Crippen molar-refractivity contribution in [3.8, 4) is 11.3 Å².